The minimum atomic E-state index is -0.140. The van der Waals surface area contributed by atoms with Crippen molar-refractivity contribution in [1.29, 1.82) is 0 Å². The molecule has 0 heterocycles. The summed E-state index contributed by atoms with van der Waals surface area (Å²) in [6, 6.07) is 0. The Bertz CT molecular complexity index is 248. The van der Waals surface area contributed by atoms with Gasteiger partial charge in [0.25, 0.3) is 0 Å². The molecule has 2 aliphatic rings. The summed E-state index contributed by atoms with van der Waals surface area (Å²) in [5, 5.41) is 0. The van der Waals surface area contributed by atoms with Crippen molar-refractivity contribution in [1.82, 2.24) is 0 Å². The maximum atomic E-state index is 12.6. The molecule has 2 nitrogen and oxygen atoms in total. The Morgan fingerprint density at radius 3 is 2.12 bits per heavy atom. The quantitative estimate of drug-likeness (QED) is 0.761. The minimum absolute atomic E-state index is 0.140. The van der Waals surface area contributed by atoms with Gasteiger partial charge in [-0.1, -0.05) is 51.4 Å². The molecule has 0 bridgehead atoms. The molecule has 2 fully saturated rings. The maximum absolute atomic E-state index is 12.6. The molecule has 0 aliphatic heterocycles. The number of hydrogen-bond acceptors (Lipinski definition) is 2. The normalized spacial score (nSPS) is 25.7. The molecule has 0 saturated heterocycles. The third-order valence-corrected chi connectivity index (χ3v) is 4.99. The van der Waals surface area contributed by atoms with Crippen LogP contribution in [0.4, 0.5) is 0 Å². The van der Waals surface area contributed by atoms with Crippen LogP contribution in [0.3, 0.4) is 0 Å². The first kappa shape index (κ1) is 13.1. The summed E-state index contributed by atoms with van der Waals surface area (Å²) in [4.78, 5) is 12.6. The lowest BCUT2D eigenvalue weighted by Crippen LogP contribution is -2.39. The predicted octanol–water partition coefficient (Wildman–Crippen LogP) is 3.44. The molecule has 0 radical (unpaired) electrons. The largest absolute Gasteiger partial charge is 0.329 e. The van der Waals surface area contributed by atoms with Gasteiger partial charge in [0, 0.05) is 18.4 Å². The van der Waals surface area contributed by atoms with Gasteiger partial charge >= 0.3 is 0 Å². The van der Waals surface area contributed by atoms with E-state index in [1.54, 1.807) is 0 Å². The Balaban J connectivity index is 1.96. The molecule has 0 spiro atoms. The van der Waals surface area contributed by atoms with Gasteiger partial charge in [-0.3, -0.25) is 4.79 Å². The van der Waals surface area contributed by atoms with E-state index in [-0.39, 0.29) is 5.41 Å². The highest BCUT2D eigenvalue weighted by atomic mass is 16.1. The highest BCUT2D eigenvalue weighted by Crippen LogP contribution is 2.38. The van der Waals surface area contributed by atoms with Gasteiger partial charge < -0.3 is 5.73 Å². The van der Waals surface area contributed by atoms with Crippen molar-refractivity contribution in [2.45, 2.75) is 70.6 Å². The van der Waals surface area contributed by atoms with Gasteiger partial charge in [0.2, 0.25) is 0 Å². The van der Waals surface area contributed by atoms with E-state index in [0.29, 0.717) is 18.2 Å². The number of carbonyl (C=O) groups is 1. The van der Waals surface area contributed by atoms with E-state index in [2.05, 4.69) is 0 Å². The second-order valence-corrected chi connectivity index (χ2v) is 6.18. The number of Topliss-reactive ketones (excluding diaryl/α,β-unsaturated/α-hetero) is 1. The van der Waals surface area contributed by atoms with E-state index >= 15 is 0 Å². The summed E-state index contributed by atoms with van der Waals surface area (Å²) in [5.41, 5.74) is 5.82. The molecule has 2 saturated carbocycles. The van der Waals surface area contributed by atoms with Crippen molar-refractivity contribution in [3.63, 3.8) is 0 Å². The van der Waals surface area contributed by atoms with Crippen LogP contribution in [0.25, 0.3) is 0 Å². The maximum Gasteiger partial charge on any atom is 0.140 e. The van der Waals surface area contributed by atoms with Crippen LogP contribution in [0.1, 0.15) is 70.6 Å². The van der Waals surface area contributed by atoms with Crippen LogP contribution in [-0.4, -0.2) is 12.3 Å². The Hall–Kier alpha value is -0.370. The first-order valence-electron chi connectivity index (χ1n) is 7.50. The first-order chi connectivity index (χ1) is 8.27. The summed E-state index contributed by atoms with van der Waals surface area (Å²) in [7, 11) is 0. The van der Waals surface area contributed by atoms with Gasteiger partial charge in [0.1, 0.15) is 5.78 Å². The fraction of sp³-hybridized carbons (Fsp3) is 0.933. The molecular formula is C15H27NO. The lowest BCUT2D eigenvalue weighted by Gasteiger charge is -2.30. The summed E-state index contributed by atoms with van der Waals surface area (Å²) in [5.74, 6) is 1.17. The Kier molecular flexibility index (Phi) is 4.61. The van der Waals surface area contributed by atoms with Crippen LogP contribution in [0.5, 0.6) is 0 Å². The van der Waals surface area contributed by atoms with Crippen molar-refractivity contribution < 1.29 is 4.79 Å². The summed E-state index contributed by atoms with van der Waals surface area (Å²) in [6.45, 7) is 0.582. The average Bonchev–Trinajstić information content (AvgIpc) is 2.72. The van der Waals surface area contributed by atoms with E-state index in [1.165, 1.54) is 51.4 Å². The minimum Gasteiger partial charge on any atom is -0.329 e. The van der Waals surface area contributed by atoms with E-state index in [4.69, 9.17) is 5.73 Å². The summed E-state index contributed by atoms with van der Waals surface area (Å²) in [6.07, 6.45) is 13.1. The van der Waals surface area contributed by atoms with E-state index in [9.17, 15) is 4.79 Å². The Morgan fingerprint density at radius 1 is 1.00 bits per heavy atom. The molecule has 2 N–H and O–H groups in total. The fourth-order valence-electron chi connectivity index (χ4n) is 3.70. The van der Waals surface area contributed by atoms with Crippen molar-refractivity contribution in [3.05, 3.63) is 0 Å². The molecule has 0 aromatic rings. The molecule has 0 amide bonds. The predicted molar refractivity (Wildman–Crippen MR) is 70.8 cm³/mol. The van der Waals surface area contributed by atoms with Crippen LogP contribution in [0, 0.1) is 11.3 Å². The van der Waals surface area contributed by atoms with Crippen LogP contribution in [0.15, 0.2) is 0 Å². The molecule has 0 unspecified atom stereocenters. The highest BCUT2D eigenvalue weighted by molar-refractivity contribution is 5.85. The highest BCUT2D eigenvalue weighted by Gasteiger charge is 2.37. The second-order valence-electron chi connectivity index (χ2n) is 6.18. The van der Waals surface area contributed by atoms with Crippen LogP contribution in [-0.2, 0) is 4.79 Å². The molecule has 2 aliphatic carbocycles. The molecule has 98 valence electrons. The smallest absolute Gasteiger partial charge is 0.140 e. The summed E-state index contributed by atoms with van der Waals surface area (Å²) < 4.78 is 0. The van der Waals surface area contributed by atoms with Crippen molar-refractivity contribution in [2.24, 2.45) is 17.1 Å². The molecule has 2 heteroatoms. The number of hydrogen-bond donors (Lipinski definition) is 1. The van der Waals surface area contributed by atoms with Crippen LogP contribution < -0.4 is 5.73 Å². The van der Waals surface area contributed by atoms with E-state index in [1.807, 2.05) is 0 Å². The molecular weight excluding hydrogens is 210 g/mol. The standard InChI is InChI=1S/C15H27NO/c16-12-15(9-5-1-2-6-10-15)14(17)11-13-7-3-4-8-13/h13H,1-12,16H2. The molecule has 0 atom stereocenters. The van der Waals surface area contributed by atoms with Crippen molar-refractivity contribution in [3.8, 4) is 0 Å². The third kappa shape index (κ3) is 3.09. The Morgan fingerprint density at radius 2 is 1.59 bits per heavy atom. The van der Waals surface area contributed by atoms with E-state index in [0.717, 1.165) is 19.3 Å². The molecule has 0 aromatic heterocycles. The van der Waals surface area contributed by atoms with E-state index < -0.39 is 0 Å². The average molecular weight is 237 g/mol. The van der Waals surface area contributed by atoms with Gasteiger partial charge in [0.15, 0.2) is 0 Å². The third-order valence-electron chi connectivity index (χ3n) is 4.99. The lowest BCUT2D eigenvalue weighted by molar-refractivity contribution is -0.130. The first-order valence-corrected chi connectivity index (χ1v) is 7.50. The van der Waals surface area contributed by atoms with Crippen molar-refractivity contribution >= 4 is 5.78 Å². The molecule has 2 rings (SSSR count). The number of rotatable bonds is 4. The van der Waals surface area contributed by atoms with Gasteiger partial charge in [0.05, 0.1) is 0 Å². The number of carbonyl (C=O) groups excluding carboxylic acids is 1. The SMILES string of the molecule is NCC1(C(=O)CC2CCCC2)CCCCCC1. The van der Waals surface area contributed by atoms with Crippen LogP contribution >= 0.6 is 0 Å². The Labute approximate surface area is 105 Å². The monoisotopic (exact) mass is 237 g/mol. The zero-order chi connectivity index (χ0) is 12.1. The molecule has 17 heavy (non-hydrogen) atoms. The zero-order valence-corrected chi connectivity index (χ0v) is 11.0. The van der Waals surface area contributed by atoms with Gasteiger partial charge in [-0.2, -0.15) is 0 Å². The summed E-state index contributed by atoms with van der Waals surface area (Å²) >= 11 is 0. The second kappa shape index (κ2) is 5.99. The van der Waals surface area contributed by atoms with Crippen molar-refractivity contribution in [2.75, 3.05) is 6.54 Å². The number of ketones is 1. The number of nitrogens with two attached hydrogens (primary N) is 1. The van der Waals surface area contributed by atoms with Gasteiger partial charge in [-0.05, 0) is 18.8 Å². The lowest BCUT2D eigenvalue weighted by atomic mass is 9.74. The zero-order valence-electron chi connectivity index (χ0n) is 11.0. The molecule has 0 aromatic carbocycles. The van der Waals surface area contributed by atoms with Gasteiger partial charge in [-0.15, -0.1) is 0 Å². The topological polar surface area (TPSA) is 43.1 Å². The van der Waals surface area contributed by atoms with Crippen LogP contribution in [0.2, 0.25) is 0 Å². The van der Waals surface area contributed by atoms with Gasteiger partial charge in [-0.25, -0.2) is 0 Å². The fourth-order valence-corrected chi connectivity index (χ4v) is 3.70.